The van der Waals surface area contributed by atoms with E-state index in [0.717, 1.165) is 13.1 Å². The van der Waals surface area contributed by atoms with E-state index in [1.807, 2.05) is 13.0 Å². The number of benzene rings is 1. The van der Waals surface area contributed by atoms with Crippen LogP contribution in [0.2, 0.25) is 0 Å². The quantitative estimate of drug-likeness (QED) is 0.771. The maximum Gasteiger partial charge on any atom is 0.0468 e. The molecular formula is C14H23NO. The van der Waals surface area contributed by atoms with Crippen LogP contribution in [0.4, 0.5) is 0 Å². The molecule has 0 aliphatic rings. The maximum absolute atomic E-state index is 8.94. The molecule has 2 nitrogen and oxygen atoms in total. The number of hydrogen-bond donors (Lipinski definition) is 2. The van der Waals surface area contributed by atoms with Crippen LogP contribution in [0.25, 0.3) is 0 Å². The van der Waals surface area contributed by atoms with Crippen LogP contribution in [-0.2, 0) is 5.41 Å². The van der Waals surface area contributed by atoms with Gasteiger partial charge in [0.2, 0.25) is 0 Å². The zero-order chi connectivity index (χ0) is 12.0. The van der Waals surface area contributed by atoms with Crippen molar-refractivity contribution < 1.29 is 5.11 Å². The second-order valence-electron chi connectivity index (χ2n) is 5.17. The van der Waals surface area contributed by atoms with Crippen molar-refractivity contribution in [1.82, 2.24) is 5.32 Å². The Bertz CT molecular complexity index is 295. The summed E-state index contributed by atoms with van der Waals surface area (Å²) in [6.45, 7) is 8.56. The van der Waals surface area contributed by atoms with Gasteiger partial charge in [-0.05, 0) is 18.0 Å². The van der Waals surface area contributed by atoms with Crippen molar-refractivity contribution >= 4 is 0 Å². The molecule has 0 aliphatic carbocycles. The Morgan fingerprint density at radius 3 is 2.44 bits per heavy atom. The highest BCUT2D eigenvalue weighted by Crippen LogP contribution is 2.21. The standard InChI is InChI=1S/C14H23NO/c1-12(10-16)9-15-11-14(2,3)13-7-5-4-6-8-13/h4-8,12,15-16H,9-11H2,1-3H3. The minimum atomic E-state index is 0.135. The molecule has 0 saturated carbocycles. The normalized spacial score (nSPS) is 13.8. The Balaban J connectivity index is 2.46. The smallest absolute Gasteiger partial charge is 0.0468 e. The van der Waals surface area contributed by atoms with Crippen molar-refractivity contribution in [2.24, 2.45) is 5.92 Å². The van der Waals surface area contributed by atoms with Crippen molar-refractivity contribution in [1.29, 1.82) is 0 Å². The Labute approximate surface area is 98.7 Å². The van der Waals surface area contributed by atoms with Crippen molar-refractivity contribution in [3.8, 4) is 0 Å². The summed E-state index contributed by atoms with van der Waals surface area (Å²) < 4.78 is 0. The molecule has 0 bridgehead atoms. The lowest BCUT2D eigenvalue weighted by atomic mass is 9.84. The summed E-state index contributed by atoms with van der Waals surface area (Å²) in [5, 5.41) is 12.4. The first kappa shape index (κ1) is 13.2. The second-order valence-corrected chi connectivity index (χ2v) is 5.17. The van der Waals surface area contributed by atoms with Crippen LogP contribution in [0.1, 0.15) is 26.3 Å². The average Bonchev–Trinajstić information content (AvgIpc) is 2.30. The zero-order valence-electron chi connectivity index (χ0n) is 10.5. The third-order valence-corrected chi connectivity index (χ3v) is 2.93. The van der Waals surface area contributed by atoms with Crippen LogP contribution < -0.4 is 5.32 Å². The molecule has 16 heavy (non-hydrogen) atoms. The van der Waals surface area contributed by atoms with Gasteiger partial charge in [0.15, 0.2) is 0 Å². The van der Waals surface area contributed by atoms with Crippen LogP contribution in [0.3, 0.4) is 0 Å². The predicted octanol–water partition coefficient (Wildman–Crippen LogP) is 2.18. The lowest BCUT2D eigenvalue weighted by molar-refractivity contribution is 0.231. The molecule has 0 aliphatic heterocycles. The lowest BCUT2D eigenvalue weighted by Crippen LogP contribution is -2.35. The molecule has 2 heteroatoms. The summed E-state index contributed by atoms with van der Waals surface area (Å²) >= 11 is 0. The first-order valence-corrected chi connectivity index (χ1v) is 5.93. The average molecular weight is 221 g/mol. The van der Waals surface area contributed by atoms with E-state index in [1.165, 1.54) is 5.56 Å². The fraction of sp³-hybridized carbons (Fsp3) is 0.571. The molecule has 1 aromatic rings. The van der Waals surface area contributed by atoms with Crippen LogP contribution in [0.5, 0.6) is 0 Å². The van der Waals surface area contributed by atoms with Gasteiger partial charge >= 0.3 is 0 Å². The van der Waals surface area contributed by atoms with Gasteiger partial charge in [-0.3, -0.25) is 0 Å². The van der Waals surface area contributed by atoms with Gasteiger partial charge in [-0.1, -0.05) is 51.1 Å². The van der Waals surface area contributed by atoms with Crippen LogP contribution >= 0.6 is 0 Å². The van der Waals surface area contributed by atoms with E-state index in [4.69, 9.17) is 5.11 Å². The topological polar surface area (TPSA) is 32.3 Å². The zero-order valence-corrected chi connectivity index (χ0v) is 10.5. The molecule has 1 aromatic carbocycles. The van der Waals surface area contributed by atoms with E-state index in [-0.39, 0.29) is 12.0 Å². The molecule has 1 atom stereocenters. The molecule has 2 N–H and O–H groups in total. The van der Waals surface area contributed by atoms with E-state index in [9.17, 15) is 0 Å². The first-order valence-electron chi connectivity index (χ1n) is 5.93. The van der Waals surface area contributed by atoms with E-state index in [2.05, 4.69) is 43.4 Å². The monoisotopic (exact) mass is 221 g/mol. The summed E-state index contributed by atoms with van der Waals surface area (Å²) in [6, 6.07) is 10.5. The van der Waals surface area contributed by atoms with Gasteiger partial charge < -0.3 is 10.4 Å². The fourth-order valence-electron chi connectivity index (χ4n) is 1.69. The Kier molecular flexibility index (Phi) is 4.97. The van der Waals surface area contributed by atoms with Gasteiger partial charge in [0.1, 0.15) is 0 Å². The Morgan fingerprint density at radius 2 is 1.88 bits per heavy atom. The maximum atomic E-state index is 8.94. The predicted molar refractivity (Wildman–Crippen MR) is 68.6 cm³/mol. The Morgan fingerprint density at radius 1 is 1.25 bits per heavy atom. The number of nitrogens with one attached hydrogen (secondary N) is 1. The minimum Gasteiger partial charge on any atom is -0.396 e. The summed E-state index contributed by atoms with van der Waals surface area (Å²) in [7, 11) is 0. The second kappa shape index (κ2) is 6.02. The first-order chi connectivity index (χ1) is 7.56. The van der Waals surface area contributed by atoms with Gasteiger partial charge in [0.25, 0.3) is 0 Å². The molecule has 0 amide bonds. The fourth-order valence-corrected chi connectivity index (χ4v) is 1.69. The minimum absolute atomic E-state index is 0.135. The number of hydrogen-bond acceptors (Lipinski definition) is 2. The molecule has 1 unspecified atom stereocenters. The summed E-state index contributed by atoms with van der Waals surface area (Å²) in [5.41, 5.74) is 1.48. The third kappa shape index (κ3) is 3.95. The van der Waals surface area contributed by atoms with Crippen molar-refractivity contribution in [3.63, 3.8) is 0 Å². The van der Waals surface area contributed by atoms with Crippen LogP contribution in [0, 0.1) is 5.92 Å². The molecule has 0 heterocycles. The van der Waals surface area contributed by atoms with E-state index >= 15 is 0 Å². The molecular weight excluding hydrogens is 198 g/mol. The lowest BCUT2D eigenvalue weighted by Gasteiger charge is -2.26. The number of aliphatic hydroxyl groups excluding tert-OH is 1. The van der Waals surface area contributed by atoms with E-state index in [1.54, 1.807) is 0 Å². The van der Waals surface area contributed by atoms with E-state index < -0.39 is 0 Å². The van der Waals surface area contributed by atoms with Crippen molar-refractivity contribution in [3.05, 3.63) is 35.9 Å². The van der Waals surface area contributed by atoms with Gasteiger partial charge in [-0.25, -0.2) is 0 Å². The van der Waals surface area contributed by atoms with Gasteiger partial charge in [-0.2, -0.15) is 0 Å². The largest absolute Gasteiger partial charge is 0.396 e. The highest BCUT2D eigenvalue weighted by molar-refractivity contribution is 5.23. The molecule has 0 aromatic heterocycles. The number of rotatable bonds is 6. The summed E-state index contributed by atoms with van der Waals surface area (Å²) in [6.07, 6.45) is 0. The van der Waals surface area contributed by atoms with Gasteiger partial charge in [0, 0.05) is 18.6 Å². The third-order valence-electron chi connectivity index (χ3n) is 2.93. The highest BCUT2D eigenvalue weighted by Gasteiger charge is 2.19. The molecule has 1 rings (SSSR count). The summed E-state index contributed by atoms with van der Waals surface area (Å²) in [5.74, 6) is 0.326. The SMILES string of the molecule is CC(CO)CNCC(C)(C)c1ccccc1. The molecule has 0 radical (unpaired) electrons. The summed E-state index contributed by atoms with van der Waals surface area (Å²) in [4.78, 5) is 0. The van der Waals surface area contributed by atoms with Crippen LogP contribution in [0.15, 0.2) is 30.3 Å². The van der Waals surface area contributed by atoms with Gasteiger partial charge in [0.05, 0.1) is 0 Å². The molecule has 90 valence electrons. The van der Waals surface area contributed by atoms with Crippen molar-refractivity contribution in [2.45, 2.75) is 26.2 Å². The van der Waals surface area contributed by atoms with Gasteiger partial charge in [-0.15, -0.1) is 0 Å². The van der Waals surface area contributed by atoms with Crippen molar-refractivity contribution in [2.75, 3.05) is 19.7 Å². The molecule has 0 spiro atoms. The van der Waals surface area contributed by atoms with Crippen LogP contribution in [-0.4, -0.2) is 24.8 Å². The number of aliphatic hydroxyl groups is 1. The van der Waals surface area contributed by atoms with E-state index in [0.29, 0.717) is 5.92 Å². The highest BCUT2D eigenvalue weighted by atomic mass is 16.3. The molecule has 0 saturated heterocycles. The molecule has 0 fully saturated rings. The Hall–Kier alpha value is -0.860.